The van der Waals surface area contributed by atoms with Gasteiger partial charge in [-0.3, -0.25) is 0 Å². The second-order valence-corrected chi connectivity index (χ2v) is 7.60. The maximum atomic E-state index is 13.8. The fourth-order valence-corrected chi connectivity index (χ4v) is 4.46. The summed E-state index contributed by atoms with van der Waals surface area (Å²) in [5.74, 6) is -1.10. The Morgan fingerprint density at radius 2 is 1.83 bits per heavy atom. The molecule has 7 heteroatoms. The summed E-state index contributed by atoms with van der Waals surface area (Å²) in [5, 5.41) is 0. The van der Waals surface area contributed by atoms with Gasteiger partial charge in [-0.15, -0.1) is 0 Å². The smallest absolute Gasteiger partial charge is 0.246 e. The number of rotatable bonds is 4. The standard InChI is InChI=1S/C17H17F2NO3S/c1-23-15-5-2-12(3-6-15)13-8-9-20(11-13)24(21,22)17-7-4-14(18)10-16(17)19/h2-7,10,13H,8-9,11H2,1H3. The quantitative estimate of drug-likeness (QED) is 0.848. The molecule has 2 aromatic carbocycles. The third-order valence-electron chi connectivity index (χ3n) is 4.25. The lowest BCUT2D eigenvalue weighted by Gasteiger charge is -2.17. The monoisotopic (exact) mass is 353 g/mol. The molecule has 0 radical (unpaired) electrons. The van der Waals surface area contributed by atoms with Crippen LogP contribution >= 0.6 is 0 Å². The number of nitrogens with zero attached hydrogens (tertiary/aromatic N) is 1. The summed E-state index contributed by atoms with van der Waals surface area (Å²) in [7, 11) is -2.39. The number of hydrogen-bond donors (Lipinski definition) is 0. The van der Waals surface area contributed by atoms with Gasteiger partial charge in [0.05, 0.1) is 7.11 Å². The van der Waals surface area contributed by atoms with Crippen molar-refractivity contribution in [2.75, 3.05) is 20.2 Å². The minimum Gasteiger partial charge on any atom is -0.497 e. The fourth-order valence-electron chi connectivity index (χ4n) is 2.92. The molecule has 3 rings (SSSR count). The Balaban J connectivity index is 1.81. The van der Waals surface area contributed by atoms with Crippen LogP contribution in [0, 0.1) is 11.6 Å². The van der Waals surface area contributed by atoms with Crippen molar-refractivity contribution in [3.05, 3.63) is 59.7 Å². The Morgan fingerprint density at radius 3 is 2.46 bits per heavy atom. The van der Waals surface area contributed by atoms with E-state index >= 15 is 0 Å². The van der Waals surface area contributed by atoms with Gasteiger partial charge in [0, 0.05) is 19.2 Å². The van der Waals surface area contributed by atoms with E-state index in [9.17, 15) is 17.2 Å². The summed E-state index contributed by atoms with van der Waals surface area (Å²) in [6.45, 7) is 0.571. The molecular weight excluding hydrogens is 336 g/mol. The van der Waals surface area contributed by atoms with E-state index in [1.54, 1.807) is 7.11 Å². The first-order chi connectivity index (χ1) is 11.4. The van der Waals surface area contributed by atoms with Crippen LogP contribution in [0.1, 0.15) is 17.9 Å². The van der Waals surface area contributed by atoms with Crippen molar-refractivity contribution >= 4 is 10.0 Å². The van der Waals surface area contributed by atoms with Crippen molar-refractivity contribution in [1.29, 1.82) is 0 Å². The lowest BCUT2D eigenvalue weighted by atomic mass is 9.99. The van der Waals surface area contributed by atoms with E-state index in [2.05, 4.69) is 0 Å². The Labute approximate surface area is 139 Å². The highest BCUT2D eigenvalue weighted by Gasteiger charge is 2.34. The molecule has 0 N–H and O–H groups in total. The molecule has 1 fully saturated rings. The first kappa shape index (κ1) is 16.9. The third kappa shape index (κ3) is 3.14. The number of ether oxygens (including phenoxy) is 1. The highest BCUT2D eigenvalue weighted by atomic mass is 32.2. The topological polar surface area (TPSA) is 46.6 Å². The summed E-state index contributed by atoms with van der Waals surface area (Å²) >= 11 is 0. The lowest BCUT2D eigenvalue weighted by molar-refractivity contribution is 0.414. The number of methoxy groups -OCH3 is 1. The molecule has 1 aliphatic heterocycles. The summed E-state index contributed by atoms with van der Waals surface area (Å²) in [6, 6.07) is 9.96. The molecular formula is C17H17F2NO3S. The number of sulfonamides is 1. The predicted octanol–water partition coefficient (Wildman–Crippen LogP) is 3.15. The highest BCUT2D eigenvalue weighted by Crippen LogP contribution is 2.32. The van der Waals surface area contributed by atoms with Crippen LogP contribution in [0.3, 0.4) is 0 Å². The first-order valence-corrected chi connectivity index (χ1v) is 8.95. The molecule has 1 aliphatic rings. The van der Waals surface area contributed by atoms with Crippen molar-refractivity contribution in [1.82, 2.24) is 4.31 Å². The van der Waals surface area contributed by atoms with Gasteiger partial charge in [-0.1, -0.05) is 12.1 Å². The van der Waals surface area contributed by atoms with Gasteiger partial charge in [-0.05, 0) is 42.2 Å². The molecule has 1 atom stereocenters. The van der Waals surface area contributed by atoms with E-state index < -0.39 is 26.6 Å². The van der Waals surface area contributed by atoms with Gasteiger partial charge >= 0.3 is 0 Å². The van der Waals surface area contributed by atoms with Gasteiger partial charge in [0.1, 0.15) is 22.3 Å². The zero-order valence-corrected chi connectivity index (χ0v) is 13.9. The third-order valence-corrected chi connectivity index (χ3v) is 6.15. The molecule has 0 spiro atoms. The Kier molecular flexibility index (Phi) is 4.56. The Bertz CT molecular complexity index is 837. The van der Waals surface area contributed by atoms with Crippen LogP contribution in [-0.2, 0) is 10.0 Å². The van der Waals surface area contributed by atoms with Crippen molar-refractivity contribution in [3.63, 3.8) is 0 Å². The van der Waals surface area contributed by atoms with Gasteiger partial charge in [0.2, 0.25) is 10.0 Å². The fraction of sp³-hybridized carbons (Fsp3) is 0.294. The average molecular weight is 353 g/mol. The summed E-state index contributed by atoms with van der Waals surface area (Å²) < 4.78 is 58.4. The number of halogens is 2. The lowest BCUT2D eigenvalue weighted by Crippen LogP contribution is -2.29. The molecule has 0 amide bonds. The van der Waals surface area contributed by atoms with Crippen LogP contribution in [-0.4, -0.2) is 32.9 Å². The van der Waals surface area contributed by atoms with Crippen molar-refractivity contribution < 1.29 is 21.9 Å². The maximum Gasteiger partial charge on any atom is 0.246 e. The second kappa shape index (κ2) is 6.49. The SMILES string of the molecule is COc1ccc(C2CCN(S(=O)(=O)c3ccc(F)cc3F)C2)cc1. The van der Waals surface area contributed by atoms with Crippen molar-refractivity contribution in [2.45, 2.75) is 17.2 Å². The van der Waals surface area contributed by atoms with Gasteiger partial charge < -0.3 is 4.74 Å². The van der Waals surface area contributed by atoms with E-state index in [0.29, 0.717) is 19.0 Å². The van der Waals surface area contributed by atoms with E-state index in [1.165, 1.54) is 4.31 Å². The zero-order valence-electron chi connectivity index (χ0n) is 13.1. The highest BCUT2D eigenvalue weighted by molar-refractivity contribution is 7.89. The molecule has 0 saturated carbocycles. The van der Waals surface area contributed by atoms with Crippen molar-refractivity contribution in [2.24, 2.45) is 0 Å². The Morgan fingerprint density at radius 1 is 1.12 bits per heavy atom. The van der Waals surface area contributed by atoms with Crippen LogP contribution in [0.4, 0.5) is 8.78 Å². The Hall–Kier alpha value is -1.99. The van der Waals surface area contributed by atoms with Crippen LogP contribution in [0.5, 0.6) is 5.75 Å². The average Bonchev–Trinajstić information content (AvgIpc) is 3.05. The van der Waals surface area contributed by atoms with Crippen LogP contribution < -0.4 is 4.74 Å². The van der Waals surface area contributed by atoms with Gasteiger partial charge in [0.15, 0.2) is 0 Å². The normalized spacial score (nSPS) is 18.7. The van der Waals surface area contributed by atoms with Crippen LogP contribution in [0.25, 0.3) is 0 Å². The second-order valence-electron chi connectivity index (χ2n) is 5.70. The number of benzene rings is 2. The number of hydrogen-bond acceptors (Lipinski definition) is 3. The predicted molar refractivity (Wildman–Crippen MR) is 85.5 cm³/mol. The molecule has 24 heavy (non-hydrogen) atoms. The van der Waals surface area contributed by atoms with Gasteiger partial charge in [-0.2, -0.15) is 4.31 Å². The maximum absolute atomic E-state index is 13.8. The van der Waals surface area contributed by atoms with Crippen molar-refractivity contribution in [3.8, 4) is 5.75 Å². The molecule has 1 heterocycles. The van der Waals surface area contributed by atoms with Crippen LogP contribution in [0.15, 0.2) is 47.4 Å². The molecule has 128 valence electrons. The minimum absolute atomic E-state index is 0.0363. The molecule has 1 unspecified atom stereocenters. The van der Waals surface area contributed by atoms with E-state index in [4.69, 9.17) is 4.74 Å². The summed E-state index contributed by atoms with van der Waals surface area (Å²) in [5.41, 5.74) is 1.01. The zero-order chi connectivity index (χ0) is 17.3. The molecule has 0 bridgehead atoms. The van der Waals surface area contributed by atoms with Crippen LogP contribution in [0.2, 0.25) is 0 Å². The summed E-state index contributed by atoms with van der Waals surface area (Å²) in [4.78, 5) is -0.487. The van der Waals surface area contributed by atoms with E-state index in [1.807, 2.05) is 24.3 Å². The minimum atomic E-state index is -3.97. The molecule has 1 saturated heterocycles. The van der Waals surface area contributed by atoms with Gasteiger partial charge in [0.25, 0.3) is 0 Å². The molecule has 2 aromatic rings. The summed E-state index contributed by atoms with van der Waals surface area (Å²) in [6.07, 6.45) is 0.647. The molecule has 4 nitrogen and oxygen atoms in total. The van der Waals surface area contributed by atoms with E-state index in [0.717, 1.165) is 23.4 Å². The first-order valence-electron chi connectivity index (χ1n) is 7.51. The molecule has 0 aliphatic carbocycles. The largest absolute Gasteiger partial charge is 0.497 e. The van der Waals surface area contributed by atoms with E-state index in [-0.39, 0.29) is 12.5 Å². The van der Waals surface area contributed by atoms with Gasteiger partial charge in [-0.25, -0.2) is 17.2 Å². The molecule has 0 aromatic heterocycles.